The predicted molar refractivity (Wildman–Crippen MR) is 240 cm³/mol. The topological polar surface area (TPSA) is 184 Å². The number of hydrogen-bond acceptors (Lipinski definition) is 15. The fourth-order valence-corrected chi connectivity index (χ4v) is 5.93. The molecule has 0 spiro atoms. The third-order valence-electron chi connectivity index (χ3n) is 8.84. The first-order valence-electron chi connectivity index (χ1n) is 21.6. The molecule has 0 saturated heterocycles. The van der Waals surface area contributed by atoms with Gasteiger partial charge in [0.15, 0.2) is 33.1 Å². The van der Waals surface area contributed by atoms with E-state index in [1.807, 2.05) is 113 Å². The van der Waals surface area contributed by atoms with Crippen LogP contribution in [0.1, 0.15) is 62.2 Å². The number of fused-ring (bicyclic) bond motifs is 2. The monoisotopic (exact) mass is 965 g/mol. The van der Waals surface area contributed by atoms with Crippen LogP contribution in [0.3, 0.4) is 0 Å². The second-order valence-corrected chi connectivity index (χ2v) is 16.1. The lowest BCUT2D eigenvalue weighted by molar-refractivity contribution is -0.0518. The summed E-state index contributed by atoms with van der Waals surface area (Å²) in [6.07, 6.45) is 2.33. The number of halogens is 3. The Bertz CT molecular complexity index is 1950. The highest BCUT2D eigenvalue weighted by atomic mass is 32.2. The number of aryl methyl sites for hydroxylation is 4. The van der Waals surface area contributed by atoms with Crippen molar-refractivity contribution in [2.24, 2.45) is 0 Å². The highest BCUT2D eigenvalue weighted by molar-refractivity contribution is 7.86. The molecule has 4 aromatic rings. The van der Waals surface area contributed by atoms with Gasteiger partial charge in [-0.05, 0) is 95.5 Å². The van der Waals surface area contributed by atoms with Gasteiger partial charge < -0.3 is 51.9 Å². The Morgan fingerprint density at radius 2 is 0.746 bits per heavy atom. The first kappa shape index (κ1) is 55.9. The number of alkyl halides is 3. The summed E-state index contributed by atoms with van der Waals surface area (Å²) in [7, 11) is -6.09. The third-order valence-corrected chi connectivity index (χ3v) is 9.40. The van der Waals surface area contributed by atoms with E-state index in [-0.39, 0.29) is 11.9 Å². The summed E-state index contributed by atoms with van der Waals surface area (Å²) in [6, 6.07) is 26.5. The Labute approximate surface area is 390 Å². The van der Waals surface area contributed by atoms with Gasteiger partial charge in [0, 0.05) is 0 Å². The largest absolute Gasteiger partial charge is 0.741 e. The molecule has 0 atom stereocenters. The van der Waals surface area contributed by atoms with Crippen molar-refractivity contribution in [3.8, 4) is 23.0 Å². The summed E-state index contributed by atoms with van der Waals surface area (Å²) in [5, 5.41) is 0. The van der Waals surface area contributed by atoms with Gasteiger partial charge in [0.25, 0.3) is 0 Å². The number of carbonyl (C=O) groups is 2. The second kappa shape index (κ2) is 30.8. The lowest BCUT2D eigenvalue weighted by Gasteiger charge is -2.14. The number of ether oxygens (including phenoxy) is 10. The van der Waals surface area contributed by atoms with Crippen molar-refractivity contribution in [3.05, 3.63) is 118 Å². The van der Waals surface area contributed by atoms with Gasteiger partial charge in [-0.1, -0.05) is 58.7 Å². The molecule has 15 nitrogen and oxygen atoms in total. The van der Waals surface area contributed by atoms with E-state index in [1.165, 1.54) is 0 Å². The van der Waals surface area contributed by atoms with E-state index in [0.29, 0.717) is 127 Å². The summed E-state index contributed by atoms with van der Waals surface area (Å²) in [5.41, 5.74) is -0.266. The van der Waals surface area contributed by atoms with Gasteiger partial charge >= 0.3 is 17.4 Å². The molecule has 0 fully saturated rings. The maximum Gasteiger partial charge on any atom is 0.485 e. The van der Waals surface area contributed by atoms with Crippen LogP contribution in [0.4, 0.5) is 13.2 Å². The molecule has 67 heavy (non-hydrogen) atoms. The molecule has 370 valence electrons. The van der Waals surface area contributed by atoms with Crippen molar-refractivity contribution < 1.29 is 83.1 Å². The van der Waals surface area contributed by atoms with Gasteiger partial charge in [-0.25, -0.2) is 18.0 Å². The van der Waals surface area contributed by atoms with Crippen molar-refractivity contribution in [3.63, 3.8) is 0 Å². The molecule has 1 heterocycles. The smallest absolute Gasteiger partial charge is 0.485 e. The van der Waals surface area contributed by atoms with Gasteiger partial charge in [-0.15, -0.1) is 0 Å². The van der Waals surface area contributed by atoms with Crippen LogP contribution in [0.15, 0.2) is 84.9 Å². The summed E-state index contributed by atoms with van der Waals surface area (Å²) in [5.74, 6) is 2.15. The molecule has 4 aromatic carbocycles. The lowest BCUT2D eigenvalue weighted by atomic mass is 10.1. The van der Waals surface area contributed by atoms with E-state index < -0.39 is 15.6 Å². The van der Waals surface area contributed by atoms with Gasteiger partial charge in [-0.3, -0.25) is 0 Å². The van der Waals surface area contributed by atoms with E-state index in [2.05, 4.69) is 0 Å². The zero-order valence-corrected chi connectivity index (χ0v) is 39.1. The minimum Gasteiger partial charge on any atom is -0.741 e. The quantitative estimate of drug-likeness (QED) is 0.0713. The minimum absolute atomic E-state index is 0.289. The molecule has 0 amide bonds. The Balaban J connectivity index is 0.000000309. The zero-order chi connectivity index (χ0) is 48.9. The Morgan fingerprint density at radius 3 is 1.00 bits per heavy atom. The Kier molecular flexibility index (Phi) is 25.7. The standard InChI is InChI=1S/C24H32O8.C23H28O4.CHF3O3S/c1-2-6-22-21(5-1)29-17-13-25-9-10-27-15-19-31-23-7-3-4-8-24(23)32-20-16-28-12-11-26-14-18-30-22;1-16-10-17(2)13-20(12-16)22(24)26-8-6-5-7-9-27-23(25)21-14-18(3)11-19(4)15-21;2-1(3,4)8(5,6)7/h1-8H,9-20H2;10-15H,5-9H2,1-4H3;(H,5,6,7)/p-1. The van der Waals surface area contributed by atoms with Gasteiger partial charge in [0.2, 0.25) is 0 Å². The molecule has 5 rings (SSSR count). The number of hydrogen-bond donors (Lipinski definition) is 0. The molecule has 1 aliphatic rings. The maximum atomic E-state index is 12.0. The van der Waals surface area contributed by atoms with Crippen LogP contribution in [-0.4, -0.2) is 123 Å². The molecular weight excluding hydrogens is 906 g/mol. The van der Waals surface area contributed by atoms with Crippen molar-refractivity contribution in [1.29, 1.82) is 0 Å². The van der Waals surface area contributed by atoms with E-state index >= 15 is 0 Å². The summed E-state index contributed by atoms with van der Waals surface area (Å²) in [6.45, 7) is 14.1. The fourth-order valence-electron chi connectivity index (χ4n) is 5.93. The maximum absolute atomic E-state index is 12.0. The molecule has 0 aliphatic carbocycles. The Morgan fingerprint density at radius 1 is 0.493 bits per heavy atom. The molecular formula is C48H60F3O15S-. The number of unbranched alkanes of at least 4 members (excludes halogenated alkanes) is 2. The summed E-state index contributed by atoms with van der Waals surface area (Å²) < 4.78 is 115. The van der Waals surface area contributed by atoms with E-state index in [4.69, 9.17) is 60.3 Å². The molecule has 0 aromatic heterocycles. The zero-order valence-electron chi connectivity index (χ0n) is 38.3. The van der Waals surface area contributed by atoms with Crippen LogP contribution in [-0.2, 0) is 38.5 Å². The molecule has 0 N–H and O–H groups in total. The number of carbonyl (C=O) groups excluding carboxylic acids is 2. The van der Waals surface area contributed by atoms with E-state index in [9.17, 15) is 22.8 Å². The van der Waals surface area contributed by atoms with E-state index in [1.54, 1.807) is 0 Å². The van der Waals surface area contributed by atoms with Crippen molar-refractivity contribution in [2.75, 3.05) is 92.5 Å². The van der Waals surface area contributed by atoms with Crippen molar-refractivity contribution in [1.82, 2.24) is 0 Å². The van der Waals surface area contributed by atoms with Crippen LogP contribution >= 0.6 is 0 Å². The number of benzene rings is 4. The first-order valence-corrected chi connectivity index (χ1v) is 23.0. The average Bonchev–Trinajstić information content (AvgIpc) is 3.26. The third kappa shape index (κ3) is 23.7. The number of rotatable bonds is 8. The molecule has 19 heteroatoms. The fraction of sp³-hybridized carbons (Fsp3) is 0.458. The van der Waals surface area contributed by atoms with Crippen LogP contribution < -0.4 is 18.9 Å². The SMILES string of the molecule is Cc1cc(C)cc(C(=O)OCCCCCOC(=O)c2cc(C)cc(C)c2)c1.O=S(=O)([O-])C(F)(F)F.c1ccc2c(c1)OCCOCCOCCOc1ccccc1OCCOCCOCCO2. The van der Waals surface area contributed by atoms with Crippen molar-refractivity contribution >= 4 is 22.1 Å². The highest BCUT2D eigenvalue weighted by Gasteiger charge is 2.37. The van der Waals surface area contributed by atoms with Gasteiger partial charge in [0.05, 0.1) is 77.2 Å². The van der Waals surface area contributed by atoms with Crippen LogP contribution in [0, 0.1) is 27.7 Å². The normalized spacial score (nSPS) is 14.6. The second-order valence-electron chi connectivity index (χ2n) is 14.7. The number of para-hydroxylation sites is 4. The van der Waals surface area contributed by atoms with Gasteiger partial charge in [0.1, 0.15) is 26.4 Å². The van der Waals surface area contributed by atoms with E-state index in [0.717, 1.165) is 41.5 Å². The molecule has 0 saturated carbocycles. The molecule has 0 unspecified atom stereocenters. The van der Waals surface area contributed by atoms with Crippen LogP contribution in [0.2, 0.25) is 0 Å². The lowest BCUT2D eigenvalue weighted by Crippen LogP contribution is -2.21. The summed E-state index contributed by atoms with van der Waals surface area (Å²) in [4.78, 5) is 24.1. The van der Waals surface area contributed by atoms with Crippen LogP contribution in [0.25, 0.3) is 0 Å². The molecule has 0 bridgehead atoms. The first-order chi connectivity index (χ1) is 32.0. The summed E-state index contributed by atoms with van der Waals surface area (Å²) >= 11 is 0. The van der Waals surface area contributed by atoms with Gasteiger partial charge in [-0.2, -0.15) is 13.2 Å². The van der Waals surface area contributed by atoms with Crippen molar-refractivity contribution in [2.45, 2.75) is 52.5 Å². The number of esters is 2. The molecule has 1 aliphatic heterocycles. The average molecular weight is 966 g/mol. The van der Waals surface area contributed by atoms with Crippen LogP contribution in [0.5, 0.6) is 23.0 Å². The minimum atomic E-state index is -6.09. The highest BCUT2D eigenvalue weighted by Crippen LogP contribution is 2.27. The Hall–Kier alpha value is -5.44. The molecule has 0 radical (unpaired) electrons. The predicted octanol–water partition coefficient (Wildman–Crippen LogP) is 8.14.